The van der Waals surface area contributed by atoms with E-state index in [1.165, 1.54) is 6.07 Å². The molecule has 0 fully saturated rings. The number of pyridine rings is 1. The first-order chi connectivity index (χ1) is 14.7. The van der Waals surface area contributed by atoms with Crippen molar-refractivity contribution in [2.45, 2.75) is 13.1 Å². The molecular weight excluding hydrogens is 382 g/mol. The second-order valence-electron chi connectivity index (χ2n) is 7.13. The molecule has 0 saturated heterocycles. The summed E-state index contributed by atoms with van der Waals surface area (Å²) in [5.41, 5.74) is 5.45. The molecule has 0 radical (unpaired) electrons. The van der Waals surface area contributed by atoms with Crippen LogP contribution in [0.2, 0.25) is 0 Å². The smallest absolute Gasteiger partial charge is 0.161 e. The Hall–Kier alpha value is -3.64. The minimum atomic E-state index is -0.883. The molecule has 0 atom stereocenters. The highest BCUT2D eigenvalue weighted by Gasteiger charge is 2.07. The number of benzene rings is 3. The number of halogens is 2. The number of hydrogen-bond acceptors (Lipinski definition) is 3. The lowest BCUT2D eigenvalue weighted by molar-refractivity contribution is 0.510. The molecule has 6 heteroatoms. The van der Waals surface area contributed by atoms with Crippen LogP contribution in [-0.4, -0.2) is 14.5 Å². The zero-order valence-electron chi connectivity index (χ0n) is 16.0. The average molecular weight is 400 g/mol. The molecule has 0 amide bonds. The summed E-state index contributed by atoms with van der Waals surface area (Å²) in [7, 11) is 0. The minimum absolute atomic E-state index is 0.449. The second kappa shape index (κ2) is 7.65. The predicted molar refractivity (Wildman–Crippen MR) is 113 cm³/mol. The Labute approximate surface area is 171 Å². The van der Waals surface area contributed by atoms with Crippen molar-refractivity contribution in [2.24, 2.45) is 0 Å². The predicted octanol–water partition coefficient (Wildman–Crippen LogP) is 5.14. The van der Waals surface area contributed by atoms with Crippen LogP contribution in [0.1, 0.15) is 11.3 Å². The van der Waals surface area contributed by atoms with Crippen LogP contribution in [0.25, 0.3) is 27.6 Å². The van der Waals surface area contributed by atoms with Gasteiger partial charge in [0.25, 0.3) is 0 Å². The number of nitrogens with one attached hydrogen (secondary N) is 1. The topological polar surface area (TPSA) is 42.7 Å². The Morgan fingerprint density at radius 1 is 0.800 bits per heavy atom. The van der Waals surface area contributed by atoms with Gasteiger partial charge in [-0.1, -0.05) is 30.3 Å². The molecule has 0 spiro atoms. The maximum Gasteiger partial charge on any atom is 0.161 e. The molecule has 5 aromatic rings. The van der Waals surface area contributed by atoms with Gasteiger partial charge in [-0.15, -0.1) is 0 Å². The minimum Gasteiger partial charge on any atom is -0.307 e. The highest BCUT2D eigenvalue weighted by molar-refractivity contribution is 5.79. The van der Waals surface area contributed by atoms with Crippen LogP contribution in [0.15, 0.2) is 79.1 Å². The van der Waals surface area contributed by atoms with Crippen molar-refractivity contribution in [3.05, 3.63) is 102 Å². The summed E-state index contributed by atoms with van der Waals surface area (Å²) in [6.07, 6.45) is 1.83. The Kier molecular flexibility index (Phi) is 4.69. The van der Waals surface area contributed by atoms with Crippen molar-refractivity contribution in [2.75, 3.05) is 0 Å². The number of hydrogen-bond donors (Lipinski definition) is 1. The summed E-state index contributed by atoms with van der Waals surface area (Å²) in [5.74, 6) is -1.74. The van der Waals surface area contributed by atoms with Crippen LogP contribution >= 0.6 is 0 Å². The first-order valence-electron chi connectivity index (χ1n) is 9.64. The van der Waals surface area contributed by atoms with Gasteiger partial charge in [0.1, 0.15) is 6.33 Å². The zero-order chi connectivity index (χ0) is 20.5. The van der Waals surface area contributed by atoms with Gasteiger partial charge in [0.05, 0.1) is 22.2 Å². The number of fused-ring (bicyclic) bond motifs is 2. The summed E-state index contributed by atoms with van der Waals surface area (Å²) >= 11 is 0. The van der Waals surface area contributed by atoms with Crippen LogP contribution < -0.4 is 5.32 Å². The van der Waals surface area contributed by atoms with Gasteiger partial charge in [0.2, 0.25) is 0 Å². The monoisotopic (exact) mass is 400 g/mol. The summed E-state index contributed by atoms with van der Waals surface area (Å²) in [6, 6.07) is 22.2. The summed E-state index contributed by atoms with van der Waals surface area (Å²) in [5, 5.41) is 3.93. The summed E-state index contributed by atoms with van der Waals surface area (Å²) < 4.78 is 28.8. The number of rotatable bonds is 5. The summed E-state index contributed by atoms with van der Waals surface area (Å²) in [6.45, 7) is 1.20. The Balaban J connectivity index is 1.26. The van der Waals surface area contributed by atoms with Crippen molar-refractivity contribution in [3.8, 4) is 5.69 Å². The van der Waals surface area contributed by atoms with Gasteiger partial charge in [-0.2, -0.15) is 0 Å². The molecule has 30 heavy (non-hydrogen) atoms. The fourth-order valence-corrected chi connectivity index (χ4v) is 3.53. The molecule has 0 saturated carbocycles. The Bertz CT molecular complexity index is 1340. The van der Waals surface area contributed by atoms with Crippen LogP contribution in [-0.2, 0) is 13.1 Å². The van der Waals surface area contributed by atoms with Gasteiger partial charge in [0, 0.05) is 30.2 Å². The highest BCUT2D eigenvalue weighted by atomic mass is 19.2. The lowest BCUT2D eigenvalue weighted by atomic mass is 10.2. The van der Waals surface area contributed by atoms with Crippen molar-refractivity contribution in [3.63, 3.8) is 0 Å². The average Bonchev–Trinajstić information content (AvgIpc) is 3.19. The lowest BCUT2D eigenvalue weighted by Crippen LogP contribution is -2.13. The lowest BCUT2D eigenvalue weighted by Gasteiger charge is -2.08. The second-order valence-corrected chi connectivity index (χ2v) is 7.13. The van der Waals surface area contributed by atoms with E-state index in [4.69, 9.17) is 0 Å². The molecule has 3 aromatic carbocycles. The van der Waals surface area contributed by atoms with E-state index < -0.39 is 11.6 Å². The number of para-hydroxylation sites is 2. The van der Waals surface area contributed by atoms with Crippen molar-refractivity contribution in [1.29, 1.82) is 0 Å². The molecule has 1 N–H and O–H groups in total. The molecule has 0 aliphatic rings. The van der Waals surface area contributed by atoms with E-state index in [0.29, 0.717) is 24.0 Å². The van der Waals surface area contributed by atoms with Crippen LogP contribution in [0.5, 0.6) is 0 Å². The number of nitrogens with zero attached hydrogens (tertiary/aromatic N) is 3. The van der Waals surface area contributed by atoms with Gasteiger partial charge in [0.15, 0.2) is 11.6 Å². The SMILES string of the molecule is Fc1cc2ccc(CNCc3ccc(-n4cnc5ccccc54)cc3)nc2cc1F. The first kappa shape index (κ1) is 18.4. The standard InChI is InChI=1S/C24H18F2N4/c25-20-11-17-7-8-18(29-23(17)12-21(20)26)14-27-13-16-5-9-19(10-6-16)30-15-28-22-3-1-2-4-24(22)30/h1-12,15,27H,13-14H2. The summed E-state index contributed by atoms with van der Waals surface area (Å²) in [4.78, 5) is 8.84. The molecule has 5 rings (SSSR count). The largest absolute Gasteiger partial charge is 0.307 e. The third-order valence-corrected chi connectivity index (χ3v) is 5.09. The maximum atomic E-state index is 13.4. The Morgan fingerprint density at radius 2 is 1.60 bits per heavy atom. The maximum absolute atomic E-state index is 13.4. The van der Waals surface area contributed by atoms with Crippen LogP contribution in [0, 0.1) is 11.6 Å². The van der Waals surface area contributed by atoms with E-state index in [-0.39, 0.29) is 0 Å². The van der Waals surface area contributed by atoms with Gasteiger partial charge < -0.3 is 5.32 Å². The zero-order valence-corrected chi connectivity index (χ0v) is 16.0. The van der Waals surface area contributed by atoms with Gasteiger partial charge in [-0.05, 0) is 42.0 Å². The molecule has 2 aromatic heterocycles. The first-order valence-corrected chi connectivity index (χ1v) is 9.64. The fraction of sp³-hybridized carbons (Fsp3) is 0.0833. The van der Waals surface area contributed by atoms with E-state index in [0.717, 1.165) is 34.0 Å². The molecule has 0 aliphatic carbocycles. The van der Waals surface area contributed by atoms with Crippen LogP contribution in [0.4, 0.5) is 8.78 Å². The quantitative estimate of drug-likeness (QED) is 0.444. The normalized spacial score (nSPS) is 11.4. The molecule has 2 heterocycles. The van der Waals surface area contributed by atoms with E-state index in [1.54, 1.807) is 6.07 Å². The van der Waals surface area contributed by atoms with Gasteiger partial charge in [-0.3, -0.25) is 9.55 Å². The number of aromatic nitrogens is 3. The fourth-order valence-electron chi connectivity index (χ4n) is 3.53. The third-order valence-electron chi connectivity index (χ3n) is 5.09. The van der Waals surface area contributed by atoms with Gasteiger partial charge in [-0.25, -0.2) is 13.8 Å². The van der Waals surface area contributed by atoms with E-state index in [2.05, 4.69) is 50.2 Å². The highest BCUT2D eigenvalue weighted by Crippen LogP contribution is 2.19. The van der Waals surface area contributed by atoms with Crippen molar-refractivity contribution < 1.29 is 8.78 Å². The van der Waals surface area contributed by atoms with Crippen LogP contribution in [0.3, 0.4) is 0 Å². The molecule has 0 unspecified atom stereocenters. The van der Waals surface area contributed by atoms with Gasteiger partial charge >= 0.3 is 0 Å². The molecule has 4 nitrogen and oxygen atoms in total. The molecule has 0 bridgehead atoms. The molecule has 0 aliphatic heterocycles. The number of imidazole rings is 1. The van der Waals surface area contributed by atoms with E-state index in [9.17, 15) is 8.78 Å². The van der Waals surface area contributed by atoms with Crippen molar-refractivity contribution >= 4 is 21.9 Å². The van der Waals surface area contributed by atoms with E-state index in [1.807, 2.05) is 30.6 Å². The van der Waals surface area contributed by atoms with Crippen molar-refractivity contribution in [1.82, 2.24) is 19.9 Å². The molecular formula is C24H18F2N4. The Morgan fingerprint density at radius 3 is 2.47 bits per heavy atom. The third kappa shape index (κ3) is 3.53. The van der Waals surface area contributed by atoms with E-state index >= 15 is 0 Å². The molecule has 148 valence electrons.